The van der Waals surface area contributed by atoms with E-state index in [1.54, 1.807) is 42.5 Å². The summed E-state index contributed by atoms with van der Waals surface area (Å²) >= 11 is 12.6. The van der Waals surface area contributed by atoms with Gasteiger partial charge in [-0.15, -0.1) is 0 Å². The molecule has 1 N–H and O–H groups in total. The number of hydrogen-bond donors (Lipinski definition) is 1. The minimum atomic E-state index is -4.18. The minimum absolute atomic E-state index is 0.00669. The molecule has 4 aromatic rings. The SMILES string of the molecule is CC[C@@H](C)NC(=O)[C@@H](Cc1ccccc1)N(Cc1ccc(Cl)c(Cl)c1)C(=O)CN(c1ccc(C)cc1C)S(=O)(=O)c1ccccc1. The second-order valence-electron chi connectivity index (χ2n) is 11.4. The Balaban J connectivity index is 1.84. The van der Waals surface area contributed by atoms with E-state index in [1.165, 1.54) is 17.0 Å². The topological polar surface area (TPSA) is 86.8 Å². The van der Waals surface area contributed by atoms with Gasteiger partial charge in [-0.3, -0.25) is 13.9 Å². The van der Waals surface area contributed by atoms with Crippen molar-refractivity contribution in [3.05, 3.63) is 129 Å². The lowest BCUT2D eigenvalue weighted by Gasteiger charge is -2.34. The van der Waals surface area contributed by atoms with Gasteiger partial charge in [0.2, 0.25) is 11.8 Å². The summed E-state index contributed by atoms with van der Waals surface area (Å²) in [5, 5.41) is 3.70. The number of rotatable bonds is 13. The molecule has 0 unspecified atom stereocenters. The molecule has 0 heterocycles. The zero-order valence-corrected chi connectivity index (χ0v) is 28.7. The molecule has 4 rings (SSSR count). The average Bonchev–Trinajstić information content (AvgIpc) is 3.04. The summed E-state index contributed by atoms with van der Waals surface area (Å²) in [5.41, 5.74) is 3.51. The smallest absolute Gasteiger partial charge is 0.264 e. The van der Waals surface area contributed by atoms with Crippen LogP contribution < -0.4 is 9.62 Å². The number of nitrogens with zero attached hydrogens (tertiary/aromatic N) is 2. The Morgan fingerprint density at radius 1 is 0.826 bits per heavy atom. The van der Waals surface area contributed by atoms with Gasteiger partial charge in [-0.05, 0) is 74.2 Å². The zero-order valence-electron chi connectivity index (χ0n) is 26.4. The van der Waals surface area contributed by atoms with Gasteiger partial charge in [0.15, 0.2) is 0 Å². The maximum absolute atomic E-state index is 14.6. The molecule has 0 aliphatic rings. The molecule has 0 aromatic heterocycles. The molecule has 242 valence electrons. The number of sulfonamides is 1. The number of benzene rings is 4. The highest BCUT2D eigenvalue weighted by Crippen LogP contribution is 2.29. The fraction of sp³-hybridized carbons (Fsp3) is 0.278. The Labute approximate surface area is 282 Å². The van der Waals surface area contributed by atoms with Crippen LogP contribution in [-0.2, 0) is 32.6 Å². The van der Waals surface area contributed by atoms with Gasteiger partial charge in [-0.2, -0.15) is 0 Å². The first kappa shape index (κ1) is 35.0. The van der Waals surface area contributed by atoms with Crippen molar-refractivity contribution in [3.63, 3.8) is 0 Å². The summed E-state index contributed by atoms with van der Waals surface area (Å²) in [6, 6.07) is 26.8. The molecule has 2 atom stereocenters. The van der Waals surface area contributed by atoms with Crippen LogP contribution in [0, 0.1) is 13.8 Å². The van der Waals surface area contributed by atoms with Gasteiger partial charge >= 0.3 is 0 Å². The van der Waals surface area contributed by atoms with E-state index in [1.807, 2.05) is 70.2 Å². The van der Waals surface area contributed by atoms with Crippen molar-refractivity contribution in [2.24, 2.45) is 0 Å². The molecule has 4 aromatic carbocycles. The lowest BCUT2D eigenvalue weighted by molar-refractivity contribution is -0.140. The average molecular weight is 681 g/mol. The Kier molecular flexibility index (Phi) is 11.9. The van der Waals surface area contributed by atoms with Crippen LogP contribution in [0.15, 0.2) is 102 Å². The number of aryl methyl sites for hydroxylation is 2. The number of amides is 2. The van der Waals surface area contributed by atoms with Crippen LogP contribution in [0.4, 0.5) is 5.69 Å². The molecule has 0 radical (unpaired) electrons. The second-order valence-corrected chi connectivity index (χ2v) is 14.1. The monoisotopic (exact) mass is 679 g/mol. The molecule has 46 heavy (non-hydrogen) atoms. The molecular formula is C36H39Cl2N3O4S. The van der Waals surface area contributed by atoms with E-state index < -0.39 is 28.5 Å². The van der Waals surface area contributed by atoms with Crippen molar-refractivity contribution in [3.8, 4) is 0 Å². The van der Waals surface area contributed by atoms with Crippen LogP contribution in [0.2, 0.25) is 10.0 Å². The van der Waals surface area contributed by atoms with E-state index in [4.69, 9.17) is 23.2 Å². The van der Waals surface area contributed by atoms with E-state index in [9.17, 15) is 18.0 Å². The number of hydrogen-bond acceptors (Lipinski definition) is 4. The van der Waals surface area contributed by atoms with Crippen molar-refractivity contribution < 1.29 is 18.0 Å². The number of anilines is 1. The van der Waals surface area contributed by atoms with Gasteiger partial charge in [0.1, 0.15) is 12.6 Å². The fourth-order valence-electron chi connectivity index (χ4n) is 5.15. The molecule has 0 fully saturated rings. The second kappa shape index (κ2) is 15.6. The van der Waals surface area contributed by atoms with Gasteiger partial charge < -0.3 is 10.2 Å². The predicted molar refractivity (Wildman–Crippen MR) is 186 cm³/mol. The molecule has 7 nitrogen and oxygen atoms in total. The molecule has 2 amide bonds. The highest BCUT2D eigenvalue weighted by molar-refractivity contribution is 7.92. The molecule has 10 heteroatoms. The highest BCUT2D eigenvalue weighted by Gasteiger charge is 2.35. The molecule has 0 spiro atoms. The third-order valence-corrected chi connectivity index (χ3v) is 10.4. The fourth-order valence-corrected chi connectivity index (χ4v) is 6.97. The molecule has 0 aliphatic carbocycles. The summed E-state index contributed by atoms with van der Waals surface area (Å²) in [4.78, 5) is 30.1. The Morgan fingerprint density at radius 2 is 1.48 bits per heavy atom. The first-order valence-corrected chi connectivity index (χ1v) is 17.3. The quantitative estimate of drug-likeness (QED) is 0.160. The molecule has 0 saturated heterocycles. The van der Waals surface area contributed by atoms with Crippen LogP contribution in [0.1, 0.15) is 42.5 Å². The van der Waals surface area contributed by atoms with Gasteiger partial charge in [-0.25, -0.2) is 8.42 Å². The summed E-state index contributed by atoms with van der Waals surface area (Å²) in [6.07, 6.45) is 0.908. The summed E-state index contributed by atoms with van der Waals surface area (Å²) in [7, 11) is -4.18. The number of nitrogens with one attached hydrogen (secondary N) is 1. The molecule has 0 saturated carbocycles. The van der Waals surface area contributed by atoms with Crippen molar-refractivity contribution in [2.45, 2.75) is 64.1 Å². The van der Waals surface area contributed by atoms with Crippen molar-refractivity contribution in [1.29, 1.82) is 0 Å². The predicted octanol–water partition coefficient (Wildman–Crippen LogP) is 7.36. The van der Waals surface area contributed by atoms with Crippen LogP contribution in [0.25, 0.3) is 0 Å². The van der Waals surface area contributed by atoms with Gasteiger partial charge in [0, 0.05) is 19.0 Å². The van der Waals surface area contributed by atoms with E-state index in [-0.39, 0.29) is 29.8 Å². The maximum atomic E-state index is 14.6. The van der Waals surface area contributed by atoms with E-state index in [2.05, 4.69) is 5.32 Å². The minimum Gasteiger partial charge on any atom is -0.352 e. The van der Waals surface area contributed by atoms with Gasteiger partial charge in [0.25, 0.3) is 10.0 Å². The van der Waals surface area contributed by atoms with Crippen molar-refractivity contribution in [2.75, 3.05) is 10.8 Å². The summed E-state index contributed by atoms with van der Waals surface area (Å²) in [5.74, 6) is -0.888. The third kappa shape index (κ3) is 8.69. The van der Waals surface area contributed by atoms with Crippen molar-refractivity contribution in [1.82, 2.24) is 10.2 Å². The van der Waals surface area contributed by atoms with Crippen LogP contribution in [0.3, 0.4) is 0 Å². The number of carbonyl (C=O) groups excluding carboxylic acids is 2. The third-order valence-electron chi connectivity index (χ3n) is 7.84. The van der Waals surface area contributed by atoms with Crippen LogP contribution in [-0.4, -0.2) is 43.8 Å². The largest absolute Gasteiger partial charge is 0.352 e. The molecule has 0 bridgehead atoms. The van der Waals surface area contributed by atoms with Gasteiger partial charge in [-0.1, -0.05) is 102 Å². The van der Waals surface area contributed by atoms with Gasteiger partial charge in [0.05, 0.1) is 20.6 Å². The number of halogens is 2. The standard InChI is InChI=1S/C36H39Cl2N3O4S/c1-5-27(4)39-36(43)34(22-28-12-8-6-9-13-28)40(23-29-17-18-31(37)32(38)21-29)35(42)24-41(33-19-16-25(2)20-26(33)3)46(44,45)30-14-10-7-11-15-30/h6-21,27,34H,5,22-24H2,1-4H3,(H,39,43)/t27-,34-/m1/s1. The molecular weight excluding hydrogens is 641 g/mol. The highest BCUT2D eigenvalue weighted by atomic mass is 35.5. The Bertz CT molecular complexity index is 1770. The number of carbonyl (C=O) groups is 2. The normalized spacial score (nSPS) is 12.7. The van der Waals surface area contributed by atoms with Crippen LogP contribution >= 0.6 is 23.2 Å². The Hall–Kier alpha value is -3.85. The van der Waals surface area contributed by atoms with E-state index in [0.29, 0.717) is 33.3 Å². The van der Waals surface area contributed by atoms with E-state index in [0.717, 1.165) is 15.4 Å². The lowest BCUT2D eigenvalue weighted by Crippen LogP contribution is -2.54. The van der Waals surface area contributed by atoms with E-state index >= 15 is 0 Å². The lowest BCUT2D eigenvalue weighted by atomic mass is 10.0. The summed E-state index contributed by atoms with van der Waals surface area (Å²) < 4.78 is 29.5. The molecule has 0 aliphatic heterocycles. The zero-order chi connectivity index (χ0) is 33.4. The summed E-state index contributed by atoms with van der Waals surface area (Å²) in [6.45, 7) is 7.05. The Morgan fingerprint density at radius 3 is 2.09 bits per heavy atom. The van der Waals surface area contributed by atoms with Crippen molar-refractivity contribution >= 4 is 50.7 Å². The maximum Gasteiger partial charge on any atom is 0.264 e. The first-order valence-electron chi connectivity index (χ1n) is 15.1. The first-order chi connectivity index (χ1) is 21.9. The van der Waals surface area contributed by atoms with Crippen LogP contribution in [0.5, 0.6) is 0 Å².